The summed E-state index contributed by atoms with van der Waals surface area (Å²) in [6.07, 6.45) is 7.58. The van der Waals surface area contributed by atoms with E-state index in [1.807, 2.05) is 6.07 Å². The molecule has 2 N–H and O–H groups in total. The molecule has 0 atom stereocenters. The molecule has 1 amide bonds. The van der Waals surface area contributed by atoms with Crippen molar-refractivity contribution in [1.29, 1.82) is 0 Å². The Morgan fingerprint density at radius 3 is 2.89 bits per heavy atom. The highest BCUT2D eigenvalue weighted by atomic mass is 16.2. The Hall–Kier alpha value is -3.03. The minimum atomic E-state index is -0.243. The van der Waals surface area contributed by atoms with Crippen molar-refractivity contribution in [1.82, 2.24) is 25.2 Å². The fraction of sp³-hybridized carbons (Fsp3) is 0.450. The number of aromatic nitrogens is 5. The Balaban J connectivity index is 1.32. The Bertz CT molecular complexity index is 1020. The number of amides is 1. The highest BCUT2D eigenvalue weighted by Gasteiger charge is 2.16. The lowest BCUT2D eigenvalue weighted by Gasteiger charge is -2.20. The average molecular weight is 380 g/mol. The molecule has 1 saturated carbocycles. The molecule has 0 aliphatic heterocycles. The van der Waals surface area contributed by atoms with Crippen molar-refractivity contribution in [2.24, 2.45) is 5.92 Å². The summed E-state index contributed by atoms with van der Waals surface area (Å²) in [5, 5.41) is 18.4. The van der Waals surface area contributed by atoms with E-state index in [1.54, 1.807) is 24.3 Å². The smallest absolute Gasteiger partial charge is 0.277 e. The Labute approximate surface area is 162 Å². The van der Waals surface area contributed by atoms with Gasteiger partial charge in [0.25, 0.3) is 5.56 Å². The molecular formula is C20H24N6O2. The van der Waals surface area contributed by atoms with E-state index in [0.717, 1.165) is 12.1 Å². The second-order valence-electron chi connectivity index (χ2n) is 7.42. The van der Waals surface area contributed by atoms with Gasteiger partial charge in [-0.1, -0.05) is 49.5 Å². The molecule has 146 valence electrons. The first-order valence-electron chi connectivity index (χ1n) is 9.86. The van der Waals surface area contributed by atoms with Crippen LogP contribution in [-0.4, -0.2) is 31.1 Å². The molecule has 0 bridgehead atoms. The van der Waals surface area contributed by atoms with Crippen LogP contribution in [0, 0.1) is 5.92 Å². The number of rotatable bonds is 6. The van der Waals surface area contributed by atoms with Gasteiger partial charge >= 0.3 is 0 Å². The van der Waals surface area contributed by atoms with Crippen molar-refractivity contribution in [2.45, 2.75) is 51.5 Å². The number of aromatic amines is 1. The van der Waals surface area contributed by atoms with Crippen LogP contribution in [0.3, 0.4) is 0 Å². The molecule has 4 rings (SSSR count). The van der Waals surface area contributed by atoms with E-state index in [1.165, 1.54) is 36.8 Å². The third-order valence-electron chi connectivity index (χ3n) is 5.31. The van der Waals surface area contributed by atoms with Gasteiger partial charge in [0.15, 0.2) is 5.82 Å². The first-order chi connectivity index (χ1) is 13.7. The van der Waals surface area contributed by atoms with Gasteiger partial charge in [0.2, 0.25) is 5.91 Å². The SMILES string of the molecule is O=C(CCn1nnc2ccccc2c1=O)Nc1cc(CC2CCCCC2)[nH]n1. The zero-order chi connectivity index (χ0) is 19.3. The lowest BCUT2D eigenvalue weighted by molar-refractivity contribution is -0.116. The summed E-state index contributed by atoms with van der Waals surface area (Å²) in [5.41, 5.74) is 1.36. The van der Waals surface area contributed by atoms with Crippen LogP contribution < -0.4 is 10.9 Å². The fourth-order valence-corrected chi connectivity index (χ4v) is 3.82. The number of benzene rings is 1. The Morgan fingerprint density at radius 2 is 2.04 bits per heavy atom. The predicted octanol–water partition coefficient (Wildman–Crippen LogP) is 2.67. The monoisotopic (exact) mass is 380 g/mol. The highest BCUT2D eigenvalue weighted by Crippen LogP contribution is 2.26. The standard InChI is InChI=1S/C20H24N6O2/c27-19(10-11-26-20(28)16-8-4-5-9-17(16)23-25-26)21-18-13-15(22-24-18)12-14-6-2-1-3-7-14/h4-5,8-9,13-14H,1-3,6-7,10-12H2,(H2,21,22,24,27). The van der Waals surface area contributed by atoms with Crippen molar-refractivity contribution in [2.75, 3.05) is 5.32 Å². The number of hydrogen-bond donors (Lipinski definition) is 2. The third kappa shape index (κ3) is 4.27. The van der Waals surface area contributed by atoms with E-state index in [4.69, 9.17) is 0 Å². The minimum Gasteiger partial charge on any atom is -0.309 e. The van der Waals surface area contributed by atoms with E-state index in [9.17, 15) is 9.59 Å². The molecule has 8 nitrogen and oxygen atoms in total. The van der Waals surface area contributed by atoms with Crippen molar-refractivity contribution >= 4 is 22.6 Å². The summed E-state index contributed by atoms with van der Waals surface area (Å²) in [7, 11) is 0. The van der Waals surface area contributed by atoms with E-state index in [-0.39, 0.29) is 24.4 Å². The van der Waals surface area contributed by atoms with Gasteiger partial charge < -0.3 is 5.32 Å². The van der Waals surface area contributed by atoms with Gasteiger partial charge in [0.1, 0.15) is 5.52 Å². The summed E-state index contributed by atoms with van der Waals surface area (Å²) in [6.45, 7) is 0.169. The van der Waals surface area contributed by atoms with Gasteiger partial charge in [-0.05, 0) is 24.5 Å². The summed E-state index contributed by atoms with van der Waals surface area (Å²) >= 11 is 0. The van der Waals surface area contributed by atoms with Crippen LogP contribution in [0.2, 0.25) is 0 Å². The average Bonchev–Trinajstić information content (AvgIpc) is 3.15. The molecule has 28 heavy (non-hydrogen) atoms. The number of anilines is 1. The molecule has 2 heterocycles. The second-order valence-corrected chi connectivity index (χ2v) is 7.42. The molecule has 1 aliphatic carbocycles. The van der Waals surface area contributed by atoms with Crippen molar-refractivity contribution in [3.63, 3.8) is 0 Å². The molecule has 0 saturated heterocycles. The van der Waals surface area contributed by atoms with E-state index in [0.29, 0.717) is 22.6 Å². The topological polar surface area (TPSA) is 106 Å². The van der Waals surface area contributed by atoms with E-state index >= 15 is 0 Å². The Morgan fingerprint density at radius 1 is 1.21 bits per heavy atom. The minimum absolute atomic E-state index is 0.123. The number of H-pyrrole nitrogens is 1. The lowest BCUT2D eigenvalue weighted by Crippen LogP contribution is -2.26. The van der Waals surface area contributed by atoms with Crippen LogP contribution in [0.4, 0.5) is 5.82 Å². The van der Waals surface area contributed by atoms with Crippen LogP contribution in [0.5, 0.6) is 0 Å². The van der Waals surface area contributed by atoms with Crippen molar-refractivity contribution in [3.8, 4) is 0 Å². The van der Waals surface area contributed by atoms with Gasteiger partial charge in [-0.2, -0.15) is 5.10 Å². The summed E-state index contributed by atoms with van der Waals surface area (Å²) < 4.78 is 1.22. The van der Waals surface area contributed by atoms with Gasteiger partial charge in [0.05, 0.1) is 11.9 Å². The van der Waals surface area contributed by atoms with Gasteiger partial charge in [-0.15, -0.1) is 5.10 Å². The van der Waals surface area contributed by atoms with E-state index < -0.39 is 0 Å². The molecule has 1 aliphatic rings. The largest absolute Gasteiger partial charge is 0.309 e. The molecule has 0 unspecified atom stereocenters. The van der Waals surface area contributed by atoms with Gasteiger partial charge in [-0.25, -0.2) is 4.68 Å². The third-order valence-corrected chi connectivity index (χ3v) is 5.31. The molecule has 1 fully saturated rings. The summed E-state index contributed by atoms with van der Waals surface area (Å²) in [5.74, 6) is 1.02. The maximum absolute atomic E-state index is 12.4. The molecule has 1 aromatic carbocycles. The molecule has 2 aromatic heterocycles. The second kappa shape index (κ2) is 8.33. The Kier molecular flexibility index (Phi) is 5.45. The number of aryl methyl sites for hydroxylation is 1. The number of hydrogen-bond acceptors (Lipinski definition) is 5. The quantitative estimate of drug-likeness (QED) is 0.684. The van der Waals surface area contributed by atoms with Crippen LogP contribution in [0.25, 0.3) is 10.9 Å². The molecule has 0 spiro atoms. The highest BCUT2D eigenvalue weighted by molar-refractivity contribution is 5.89. The normalized spacial score (nSPS) is 15.0. The van der Waals surface area contributed by atoms with E-state index in [2.05, 4.69) is 25.8 Å². The van der Waals surface area contributed by atoms with Crippen molar-refractivity contribution < 1.29 is 4.79 Å². The summed E-state index contributed by atoms with van der Waals surface area (Å²) in [6, 6.07) is 8.93. The zero-order valence-corrected chi connectivity index (χ0v) is 15.7. The zero-order valence-electron chi connectivity index (χ0n) is 15.7. The first kappa shape index (κ1) is 18.3. The number of carbonyl (C=O) groups excluding carboxylic acids is 1. The maximum atomic E-state index is 12.4. The first-order valence-corrected chi connectivity index (χ1v) is 9.86. The van der Waals surface area contributed by atoms with Crippen LogP contribution >= 0.6 is 0 Å². The molecular weight excluding hydrogens is 356 g/mol. The predicted molar refractivity (Wildman–Crippen MR) is 106 cm³/mol. The van der Waals surface area contributed by atoms with Crippen molar-refractivity contribution in [3.05, 3.63) is 46.4 Å². The van der Waals surface area contributed by atoms with Crippen LogP contribution in [0.15, 0.2) is 35.1 Å². The molecule has 0 radical (unpaired) electrons. The van der Waals surface area contributed by atoms with Crippen LogP contribution in [0.1, 0.15) is 44.2 Å². The van der Waals surface area contributed by atoms with Gasteiger partial charge in [0, 0.05) is 18.2 Å². The number of nitrogens with zero attached hydrogens (tertiary/aromatic N) is 4. The number of carbonyl (C=O) groups is 1. The van der Waals surface area contributed by atoms with Gasteiger partial charge in [-0.3, -0.25) is 14.7 Å². The lowest BCUT2D eigenvalue weighted by atomic mass is 9.86. The number of nitrogens with one attached hydrogen (secondary N) is 2. The fourth-order valence-electron chi connectivity index (χ4n) is 3.82. The van der Waals surface area contributed by atoms with Crippen LogP contribution in [-0.2, 0) is 17.8 Å². The molecule has 3 aromatic rings. The summed E-state index contributed by atoms with van der Waals surface area (Å²) in [4.78, 5) is 24.6. The maximum Gasteiger partial charge on any atom is 0.277 e. The number of fused-ring (bicyclic) bond motifs is 1. The molecule has 8 heteroatoms.